The van der Waals surface area contributed by atoms with Gasteiger partial charge in [-0.15, -0.1) is 35.3 Å². The minimum atomic E-state index is -0.312. The molecule has 0 fully saturated rings. The number of aryl methyl sites for hydroxylation is 1. The molecule has 2 rings (SSSR count). The quantitative estimate of drug-likeness (QED) is 0.198. The van der Waals surface area contributed by atoms with Crippen molar-refractivity contribution in [1.29, 1.82) is 0 Å². The molecule has 1 aromatic heterocycles. The second-order valence-corrected chi connectivity index (χ2v) is 8.07. The molecule has 0 aliphatic rings. The predicted molar refractivity (Wildman–Crippen MR) is 139 cm³/mol. The Labute approximate surface area is 206 Å². The number of halogens is 1. The molecule has 2 N–H and O–H groups in total. The highest BCUT2D eigenvalue weighted by Gasteiger charge is 2.20. The fraction of sp³-hybridized carbons (Fsp3) is 0.500. The Bertz CT molecular complexity index is 829. The topological polar surface area (TPSA) is 78.9 Å². The van der Waals surface area contributed by atoms with Crippen molar-refractivity contribution in [3.8, 4) is 0 Å². The average molecular weight is 560 g/mol. The zero-order valence-electron chi connectivity index (χ0n) is 19.0. The van der Waals surface area contributed by atoms with E-state index in [1.165, 1.54) is 16.9 Å². The van der Waals surface area contributed by atoms with E-state index in [9.17, 15) is 4.79 Å². The standard InChI is InChI=1S/C22H33N5O2S.HI/c1-6-23-22(24-13-14-27(5)15-18-11-9-8-10-12-18)26-17(4)20-25-16(3)19(30-20)21(28)29-7-2;/h8-12,17H,6-7,13-15H2,1-5H3,(H2,23,24,26);1H. The molecule has 9 heteroatoms. The van der Waals surface area contributed by atoms with E-state index in [1.54, 1.807) is 6.92 Å². The number of likely N-dealkylation sites (N-methyl/N-ethyl adjacent to an activating group) is 1. The number of guanidine groups is 1. The maximum Gasteiger partial charge on any atom is 0.350 e. The second-order valence-electron chi connectivity index (χ2n) is 7.04. The lowest BCUT2D eigenvalue weighted by atomic mass is 10.2. The van der Waals surface area contributed by atoms with E-state index in [0.717, 1.165) is 30.6 Å². The van der Waals surface area contributed by atoms with Gasteiger partial charge in [0.15, 0.2) is 5.96 Å². The highest BCUT2D eigenvalue weighted by molar-refractivity contribution is 14.0. The lowest BCUT2D eigenvalue weighted by molar-refractivity contribution is 0.0531. The molecule has 0 saturated heterocycles. The van der Waals surface area contributed by atoms with Gasteiger partial charge >= 0.3 is 5.97 Å². The monoisotopic (exact) mass is 559 g/mol. The number of rotatable bonds is 10. The zero-order chi connectivity index (χ0) is 21.9. The first-order chi connectivity index (χ1) is 14.4. The summed E-state index contributed by atoms with van der Waals surface area (Å²) in [4.78, 5) is 24.1. The maximum atomic E-state index is 12.0. The fourth-order valence-corrected chi connectivity index (χ4v) is 3.85. The summed E-state index contributed by atoms with van der Waals surface area (Å²) in [7, 11) is 2.10. The number of thiazole rings is 1. The highest BCUT2D eigenvalue weighted by atomic mass is 127. The van der Waals surface area contributed by atoms with Crippen molar-refractivity contribution in [2.24, 2.45) is 4.99 Å². The number of carbonyl (C=O) groups excluding carboxylic acids is 1. The predicted octanol–water partition coefficient (Wildman–Crippen LogP) is 3.99. The second kappa shape index (κ2) is 14.4. The van der Waals surface area contributed by atoms with Gasteiger partial charge in [-0.2, -0.15) is 0 Å². The number of nitrogens with one attached hydrogen (secondary N) is 2. The number of hydrogen-bond donors (Lipinski definition) is 2. The smallest absolute Gasteiger partial charge is 0.350 e. The first-order valence-corrected chi connectivity index (χ1v) is 11.2. The summed E-state index contributed by atoms with van der Waals surface area (Å²) in [6.07, 6.45) is 0. The summed E-state index contributed by atoms with van der Waals surface area (Å²) in [5.41, 5.74) is 1.99. The molecule has 0 radical (unpaired) electrons. The maximum absolute atomic E-state index is 12.0. The van der Waals surface area contributed by atoms with E-state index in [0.29, 0.717) is 23.7 Å². The molecule has 1 heterocycles. The van der Waals surface area contributed by atoms with Crippen molar-refractivity contribution in [3.05, 3.63) is 51.5 Å². The zero-order valence-corrected chi connectivity index (χ0v) is 22.1. The number of aromatic nitrogens is 1. The van der Waals surface area contributed by atoms with Crippen molar-refractivity contribution < 1.29 is 9.53 Å². The van der Waals surface area contributed by atoms with Crippen LogP contribution in [-0.2, 0) is 11.3 Å². The van der Waals surface area contributed by atoms with E-state index in [1.807, 2.05) is 26.8 Å². The Hall–Kier alpha value is -1.72. The minimum absolute atomic E-state index is 0. The van der Waals surface area contributed by atoms with Crippen LogP contribution in [0.2, 0.25) is 0 Å². The van der Waals surface area contributed by atoms with Gasteiger partial charge in [0.2, 0.25) is 0 Å². The molecule has 0 amide bonds. The van der Waals surface area contributed by atoms with E-state index >= 15 is 0 Å². The summed E-state index contributed by atoms with van der Waals surface area (Å²) in [6.45, 7) is 11.2. The fourth-order valence-electron chi connectivity index (χ4n) is 2.88. The Morgan fingerprint density at radius 2 is 2.00 bits per heavy atom. The molecule has 0 spiro atoms. The molecule has 31 heavy (non-hydrogen) atoms. The van der Waals surface area contributed by atoms with Gasteiger partial charge in [0.25, 0.3) is 0 Å². The third-order valence-corrected chi connectivity index (χ3v) is 5.71. The van der Waals surface area contributed by atoms with Crippen LogP contribution < -0.4 is 10.6 Å². The molecule has 2 aromatic rings. The third-order valence-electron chi connectivity index (χ3n) is 4.39. The summed E-state index contributed by atoms with van der Waals surface area (Å²) in [6, 6.07) is 10.3. The van der Waals surface area contributed by atoms with E-state index in [-0.39, 0.29) is 36.0 Å². The minimum Gasteiger partial charge on any atom is -0.462 e. The van der Waals surface area contributed by atoms with Crippen molar-refractivity contribution in [2.45, 2.75) is 40.3 Å². The molecule has 0 saturated carbocycles. The summed E-state index contributed by atoms with van der Waals surface area (Å²) < 4.78 is 5.11. The van der Waals surface area contributed by atoms with Crippen LogP contribution >= 0.6 is 35.3 Å². The van der Waals surface area contributed by atoms with Gasteiger partial charge in [-0.3, -0.25) is 4.99 Å². The Morgan fingerprint density at radius 1 is 1.29 bits per heavy atom. The summed E-state index contributed by atoms with van der Waals surface area (Å²) in [5, 5.41) is 7.50. The highest BCUT2D eigenvalue weighted by Crippen LogP contribution is 2.24. The van der Waals surface area contributed by atoms with Crippen LogP contribution in [0.25, 0.3) is 0 Å². The molecular weight excluding hydrogens is 525 g/mol. The number of carbonyl (C=O) groups is 1. The van der Waals surface area contributed by atoms with Gasteiger partial charge in [-0.25, -0.2) is 9.78 Å². The van der Waals surface area contributed by atoms with E-state index < -0.39 is 0 Å². The number of benzene rings is 1. The average Bonchev–Trinajstić information content (AvgIpc) is 3.11. The van der Waals surface area contributed by atoms with E-state index in [4.69, 9.17) is 9.73 Å². The van der Waals surface area contributed by atoms with Crippen LogP contribution in [0.5, 0.6) is 0 Å². The number of esters is 1. The van der Waals surface area contributed by atoms with Crippen LogP contribution in [0.3, 0.4) is 0 Å². The van der Waals surface area contributed by atoms with Gasteiger partial charge in [-0.1, -0.05) is 30.3 Å². The van der Waals surface area contributed by atoms with E-state index in [2.05, 4.69) is 51.8 Å². The molecular formula is C22H34IN5O2S. The molecule has 0 bridgehead atoms. The summed E-state index contributed by atoms with van der Waals surface area (Å²) in [5.74, 6) is 0.427. The molecule has 7 nitrogen and oxygen atoms in total. The first kappa shape index (κ1) is 27.3. The van der Waals surface area contributed by atoms with Crippen molar-refractivity contribution in [1.82, 2.24) is 20.5 Å². The number of hydrogen-bond acceptors (Lipinski definition) is 6. The molecule has 0 aliphatic heterocycles. The van der Waals surface area contributed by atoms with Gasteiger partial charge in [0.05, 0.1) is 24.9 Å². The van der Waals surface area contributed by atoms with Crippen molar-refractivity contribution >= 4 is 47.2 Å². The van der Waals surface area contributed by atoms with Gasteiger partial charge in [0, 0.05) is 19.6 Å². The van der Waals surface area contributed by atoms with Crippen LogP contribution in [-0.4, -0.2) is 55.1 Å². The van der Waals surface area contributed by atoms with Crippen molar-refractivity contribution in [3.63, 3.8) is 0 Å². The van der Waals surface area contributed by atoms with Crippen LogP contribution in [0.15, 0.2) is 35.3 Å². The molecule has 0 aliphatic carbocycles. The SMILES string of the molecule is CCNC(=NCCN(C)Cc1ccccc1)NC(C)c1nc(C)c(C(=O)OCC)s1.I. The van der Waals surface area contributed by atoms with Gasteiger partial charge < -0.3 is 20.3 Å². The van der Waals surface area contributed by atoms with Gasteiger partial charge in [0.1, 0.15) is 9.88 Å². The first-order valence-electron chi connectivity index (χ1n) is 10.4. The number of nitrogens with zero attached hydrogens (tertiary/aromatic N) is 3. The Kier molecular flexibility index (Phi) is 12.7. The Morgan fingerprint density at radius 3 is 2.65 bits per heavy atom. The molecule has 172 valence electrons. The number of aliphatic imine (C=N–C) groups is 1. The lowest BCUT2D eigenvalue weighted by Gasteiger charge is -2.18. The van der Waals surface area contributed by atoms with Crippen molar-refractivity contribution in [2.75, 3.05) is 33.3 Å². The Balaban J connectivity index is 0.00000480. The van der Waals surface area contributed by atoms with Crippen LogP contribution in [0.1, 0.15) is 52.7 Å². The molecule has 1 unspecified atom stereocenters. The lowest BCUT2D eigenvalue weighted by Crippen LogP contribution is -2.39. The normalized spacial score (nSPS) is 12.3. The van der Waals surface area contributed by atoms with Crippen LogP contribution in [0, 0.1) is 6.92 Å². The third kappa shape index (κ3) is 9.12. The van der Waals surface area contributed by atoms with Crippen LogP contribution in [0.4, 0.5) is 0 Å². The number of ether oxygens (including phenoxy) is 1. The molecule has 1 aromatic carbocycles. The largest absolute Gasteiger partial charge is 0.462 e. The summed E-state index contributed by atoms with van der Waals surface area (Å²) >= 11 is 1.37. The molecule has 1 atom stereocenters. The van der Waals surface area contributed by atoms with Gasteiger partial charge in [-0.05, 0) is 40.3 Å².